The SMILES string of the molecule is C=C(C)C(=O)OCCOc1ccc(C=CC(=O)c2ccccc2)cc1. The van der Waals surface area contributed by atoms with Gasteiger partial charge in [0, 0.05) is 11.1 Å². The van der Waals surface area contributed by atoms with E-state index in [-0.39, 0.29) is 19.0 Å². The number of ether oxygens (including phenoxy) is 2. The molecule has 25 heavy (non-hydrogen) atoms. The van der Waals surface area contributed by atoms with E-state index in [1.807, 2.05) is 30.3 Å². The Morgan fingerprint density at radius 2 is 1.68 bits per heavy atom. The Morgan fingerprint density at radius 1 is 1.00 bits per heavy atom. The molecule has 0 heterocycles. The number of esters is 1. The number of rotatable bonds is 8. The molecule has 0 aliphatic rings. The largest absolute Gasteiger partial charge is 0.490 e. The van der Waals surface area contributed by atoms with Crippen LogP contribution in [-0.4, -0.2) is 25.0 Å². The van der Waals surface area contributed by atoms with E-state index in [9.17, 15) is 9.59 Å². The summed E-state index contributed by atoms with van der Waals surface area (Å²) in [5, 5.41) is 0. The zero-order chi connectivity index (χ0) is 18.1. The molecule has 0 spiro atoms. The Hall–Kier alpha value is -3.14. The molecule has 0 fully saturated rings. The van der Waals surface area contributed by atoms with Crippen molar-refractivity contribution in [1.82, 2.24) is 0 Å². The highest BCUT2D eigenvalue weighted by Crippen LogP contribution is 2.13. The molecule has 2 aromatic carbocycles. The van der Waals surface area contributed by atoms with Crippen LogP contribution in [0.3, 0.4) is 0 Å². The highest BCUT2D eigenvalue weighted by molar-refractivity contribution is 6.06. The number of ketones is 1. The number of hydrogen-bond donors (Lipinski definition) is 0. The molecule has 4 nitrogen and oxygen atoms in total. The lowest BCUT2D eigenvalue weighted by Gasteiger charge is -2.07. The first kappa shape index (κ1) is 18.2. The van der Waals surface area contributed by atoms with Crippen molar-refractivity contribution >= 4 is 17.8 Å². The summed E-state index contributed by atoms with van der Waals surface area (Å²) in [6.45, 7) is 5.53. The van der Waals surface area contributed by atoms with Crippen LogP contribution in [0.4, 0.5) is 0 Å². The third-order valence-electron chi connectivity index (χ3n) is 3.30. The van der Waals surface area contributed by atoms with Crippen molar-refractivity contribution in [2.75, 3.05) is 13.2 Å². The first-order valence-electron chi connectivity index (χ1n) is 7.89. The zero-order valence-electron chi connectivity index (χ0n) is 14.1. The van der Waals surface area contributed by atoms with Crippen LogP contribution in [0.15, 0.2) is 72.8 Å². The van der Waals surface area contributed by atoms with Crippen LogP contribution in [0.1, 0.15) is 22.8 Å². The minimum atomic E-state index is -0.424. The van der Waals surface area contributed by atoms with Gasteiger partial charge in [-0.15, -0.1) is 0 Å². The Morgan fingerprint density at radius 3 is 2.32 bits per heavy atom. The van der Waals surface area contributed by atoms with Gasteiger partial charge in [-0.1, -0.05) is 55.1 Å². The van der Waals surface area contributed by atoms with Crippen LogP contribution in [0.2, 0.25) is 0 Å². The summed E-state index contributed by atoms with van der Waals surface area (Å²) in [6, 6.07) is 16.4. The van der Waals surface area contributed by atoms with Crippen molar-refractivity contribution in [3.8, 4) is 5.75 Å². The molecule has 0 aromatic heterocycles. The molecule has 4 heteroatoms. The van der Waals surface area contributed by atoms with Gasteiger partial charge in [-0.2, -0.15) is 0 Å². The molecule has 128 valence electrons. The summed E-state index contributed by atoms with van der Waals surface area (Å²) >= 11 is 0. The molecule has 0 saturated heterocycles. The van der Waals surface area contributed by atoms with Crippen LogP contribution >= 0.6 is 0 Å². The van der Waals surface area contributed by atoms with Crippen LogP contribution in [-0.2, 0) is 9.53 Å². The van der Waals surface area contributed by atoms with E-state index in [0.717, 1.165) is 5.56 Å². The quantitative estimate of drug-likeness (QED) is 0.315. The molecule has 0 aliphatic heterocycles. The molecule has 0 unspecified atom stereocenters. The lowest BCUT2D eigenvalue weighted by Crippen LogP contribution is -2.12. The summed E-state index contributed by atoms with van der Waals surface area (Å²) in [5.74, 6) is 0.199. The van der Waals surface area contributed by atoms with Gasteiger partial charge in [0.1, 0.15) is 19.0 Å². The topological polar surface area (TPSA) is 52.6 Å². The molecule has 0 radical (unpaired) electrons. The number of hydrogen-bond acceptors (Lipinski definition) is 4. The Balaban J connectivity index is 1.81. The molecule has 0 aliphatic carbocycles. The average Bonchev–Trinajstić information content (AvgIpc) is 2.64. The second kappa shape index (κ2) is 9.23. The highest BCUT2D eigenvalue weighted by atomic mass is 16.6. The maximum Gasteiger partial charge on any atom is 0.333 e. The van der Waals surface area contributed by atoms with Gasteiger partial charge in [-0.05, 0) is 30.7 Å². The Kier molecular flexibility index (Phi) is 6.72. The van der Waals surface area contributed by atoms with Gasteiger partial charge in [-0.3, -0.25) is 4.79 Å². The molecular weight excluding hydrogens is 316 g/mol. The maximum atomic E-state index is 12.0. The van der Waals surface area contributed by atoms with Crippen molar-refractivity contribution < 1.29 is 19.1 Å². The van der Waals surface area contributed by atoms with E-state index in [4.69, 9.17) is 9.47 Å². The van der Waals surface area contributed by atoms with Crippen molar-refractivity contribution in [2.45, 2.75) is 6.92 Å². The van der Waals surface area contributed by atoms with Crippen molar-refractivity contribution in [2.24, 2.45) is 0 Å². The molecule has 0 saturated carbocycles. The minimum Gasteiger partial charge on any atom is -0.490 e. The van der Waals surface area contributed by atoms with Gasteiger partial charge in [0.15, 0.2) is 5.78 Å². The van der Waals surface area contributed by atoms with Crippen molar-refractivity contribution in [1.29, 1.82) is 0 Å². The van der Waals surface area contributed by atoms with Crippen LogP contribution in [0.5, 0.6) is 5.75 Å². The van der Waals surface area contributed by atoms with Gasteiger partial charge in [0.25, 0.3) is 0 Å². The third kappa shape index (κ3) is 6.11. The first-order chi connectivity index (χ1) is 12.1. The number of benzene rings is 2. The molecule has 2 aromatic rings. The standard InChI is InChI=1S/C21H20O4/c1-16(2)21(23)25-15-14-24-19-11-8-17(9-12-19)10-13-20(22)18-6-4-3-5-7-18/h3-13H,1,14-15H2,2H3. The summed E-state index contributed by atoms with van der Waals surface area (Å²) in [6.07, 6.45) is 3.30. The van der Waals surface area contributed by atoms with E-state index in [2.05, 4.69) is 6.58 Å². The van der Waals surface area contributed by atoms with E-state index < -0.39 is 5.97 Å². The normalized spacial score (nSPS) is 10.4. The first-order valence-corrected chi connectivity index (χ1v) is 7.89. The van der Waals surface area contributed by atoms with Gasteiger partial charge in [0.05, 0.1) is 0 Å². The van der Waals surface area contributed by atoms with E-state index >= 15 is 0 Å². The van der Waals surface area contributed by atoms with Crippen molar-refractivity contribution in [3.05, 3.63) is 84.0 Å². The summed E-state index contributed by atoms with van der Waals surface area (Å²) in [7, 11) is 0. The van der Waals surface area contributed by atoms with Gasteiger partial charge in [-0.25, -0.2) is 4.79 Å². The maximum absolute atomic E-state index is 12.0. The Bertz CT molecular complexity index is 758. The molecular formula is C21H20O4. The molecule has 0 atom stereocenters. The average molecular weight is 336 g/mol. The number of carbonyl (C=O) groups is 2. The molecule has 2 rings (SSSR count). The fourth-order valence-electron chi connectivity index (χ4n) is 1.96. The third-order valence-corrected chi connectivity index (χ3v) is 3.30. The predicted molar refractivity (Wildman–Crippen MR) is 97.5 cm³/mol. The summed E-state index contributed by atoms with van der Waals surface area (Å²) in [4.78, 5) is 23.2. The van der Waals surface area contributed by atoms with E-state index in [0.29, 0.717) is 16.9 Å². The Labute approximate surface area is 147 Å². The lowest BCUT2D eigenvalue weighted by atomic mass is 10.1. The second-order valence-corrected chi connectivity index (χ2v) is 5.40. The monoisotopic (exact) mass is 336 g/mol. The zero-order valence-corrected chi connectivity index (χ0v) is 14.1. The van der Waals surface area contributed by atoms with Crippen LogP contribution in [0.25, 0.3) is 6.08 Å². The van der Waals surface area contributed by atoms with Crippen LogP contribution < -0.4 is 4.74 Å². The molecule has 0 amide bonds. The highest BCUT2D eigenvalue weighted by Gasteiger charge is 2.03. The lowest BCUT2D eigenvalue weighted by molar-refractivity contribution is -0.139. The second-order valence-electron chi connectivity index (χ2n) is 5.40. The van der Waals surface area contributed by atoms with Crippen molar-refractivity contribution in [3.63, 3.8) is 0 Å². The minimum absolute atomic E-state index is 0.0414. The predicted octanol–water partition coefficient (Wildman–Crippen LogP) is 4.08. The van der Waals surface area contributed by atoms with Crippen LogP contribution in [0, 0.1) is 0 Å². The number of carbonyl (C=O) groups excluding carboxylic acids is 2. The molecule has 0 N–H and O–H groups in total. The molecule has 0 bridgehead atoms. The van der Waals surface area contributed by atoms with Gasteiger partial charge in [0.2, 0.25) is 0 Å². The van der Waals surface area contributed by atoms with E-state index in [1.165, 1.54) is 0 Å². The van der Waals surface area contributed by atoms with Gasteiger partial charge < -0.3 is 9.47 Å². The summed E-state index contributed by atoms with van der Waals surface area (Å²) < 4.78 is 10.4. The smallest absolute Gasteiger partial charge is 0.333 e. The fourth-order valence-corrected chi connectivity index (χ4v) is 1.96. The van der Waals surface area contributed by atoms with Gasteiger partial charge >= 0.3 is 5.97 Å². The fraction of sp³-hybridized carbons (Fsp3) is 0.143. The number of allylic oxidation sites excluding steroid dienone is 1. The summed E-state index contributed by atoms with van der Waals surface area (Å²) in [5.41, 5.74) is 1.91. The van der Waals surface area contributed by atoms with E-state index in [1.54, 1.807) is 43.3 Å².